The zero-order valence-corrected chi connectivity index (χ0v) is 9.46. The molecule has 1 aliphatic rings. The van der Waals surface area contributed by atoms with Crippen LogP contribution in [0.25, 0.3) is 0 Å². The standard InChI is InChI=1S/C12H20N2O/c1-2-6-10-9-12(15-14-10)11-7-4-3-5-8-13-11/h9,11,13H,2-8H2,1H3. The summed E-state index contributed by atoms with van der Waals surface area (Å²) in [5, 5.41) is 7.62. The van der Waals surface area contributed by atoms with Gasteiger partial charge in [0.2, 0.25) is 0 Å². The van der Waals surface area contributed by atoms with Gasteiger partial charge in [0.15, 0.2) is 5.76 Å². The van der Waals surface area contributed by atoms with E-state index in [1.54, 1.807) is 0 Å². The second kappa shape index (κ2) is 5.31. The number of aryl methyl sites for hydroxylation is 1. The van der Waals surface area contributed by atoms with E-state index in [1.807, 2.05) is 0 Å². The fourth-order valence-electron chi connectivity index (χ4n) is 2.14. The van der Waals surface area contributed by atoms with E-state index in [1.165, 1.54) is 25.7 Å². The van der Waals surface area contributed by atoms with Crippen LogP contribution in [0.3, 0.4) is 0 Å². The smallest absolute Gasteiger partial charge is 0.153 e. The van der Waals surface area contributed by atoms with Gasteiger partial charge >= 0.3 is 0 Å². The average molecular weight is 208 g/mol. The molecule has 1 fully saturated rings. The molecular formula is C12H20N2O. The summed E-state index contributed by atoms with van der Waals surface area (Å²) in [5.41, 5.74) is 1.10. The van der Waals surface area contributed by atoms with Crippen LogP contribution in [-0.2, 0) is 6.42 Å². The maximum absolute atomic E-state index is 5.40. The van der Waals surface area contributed by atoms with Crippen LogP contribution in [0.2, 0.25) is 0 Å². The lowest BCUT2D eigenvalue weighted by molar-refractivity contribution is 0.331. The molecule has 1 N–H and O–H groups in total. The van der Waals surface area contributed by atoms with Crippen LogP contribution in [0, 0.1) is 0 Å². The molecule has 1 saturated heterocycles. The Morgan fingerprint density at radius 3 is 3.27 bits per heavy atom. The summed E-state index contributed by atoms with van der Waals surface area (Å²) < 4.78 is 5.40. The van der Waals surface area contributed by atoms with Gasteiger partial charge in [0.25, 0.3) is 0 Å². The average Bonchev–Trinajstić information content (AvgIpc) is 2.53. The van der Waals surface area contributed by atoms with Gasteiger partial charge in [-0.3, -0.25) is 0 Å². The number of nitrogens with one attached hydrogen (secondary N) is 1. The third-order valence-corrected chi connectivity index (χ3v) is 2.99. The van der Waals surface area contributed by atoms with Crippen LogP contribution >= 0.6 is 0 Å². The Morgan fingerprint density at radius 1 is 1.47 bits per heavy atom. The molecule has 1 aliphatic heterocycles. The second-order valence-corrected chi connectivity index (χ2v) is 4.33. The van der Waals surface area contributed by atoms with E-state index in [-0.39, 0.29) is 0 Å². The van der Waals surface area contributed by atoms with Crippen molar-refractivity contribution in [3.63, 3.8) is 0 Å². The topological polar surface area (TPSA) is 38.1 Å². The molecule has 0 spiro atoms. The first-order chi connectivity index (χ1) is 7.40. The van der Waals surface area contributed by atoms with Gasteiger partial charge in [-0.05, 0) is 25.8 Å². The SMILES string of the molecule is CCCc1cc(C2CCCCCN2)on1. The molecule has 1 aromatic heterocycles. The molecular weight excluding hydrogens is 188 g/mol. The van der Waals surface area contributed by atoms with E-state index >= 15 is 0 Å². The monoisotopic (exact) mass is 208 g/mol. The summed E-state index contributed by atoms with van der Waals surface area (Å²) in [7, 11) is 0. The highest BCUT2D eigenvalue weighted by Gasteiger charge is 2.17. The van der Waals surface area contributed by atoms with E-state index in [0.29, 0.717) is 6.04 Å². The molecule has 1 unspecified atom stereocenters. The highest BCUT2D eigenvalue weighted by atomic mass is 16.5. The van der Waals surface area contributed by atoms with E-state index in [0.717, 1.165) is 30.8 Å². The van der Waals surface area contributed by atoms with Crippen molar-refractivity contribution < 1.29 is 4.52 Å². The van der Waals surface area contributed by atoms with Gasteiger partial charge in [-0.2, -0.15) is 0 Å². The van der Waals surface area contributed by atoms with Crippen molar-refractivity contribution in [2.75, 3.05) is 6.54 Å². The molecule has 1 aromatic rings. The first-order valence-corrected chi connectivity index (χ1v) is 6.09. The van der Waals surface area contributed by atoms with E-state index in [2.05, 4.69) is 23.5 Å². The van der Waals surface area contributed by atoms with Gasteiger partial charge in [-0.25, -0.2) is 0 Å². The second-order valence-electron chi connectivity index (χ2n) is 4.33. The van der Waals surface area contributed by atoms with Crippen molar-refractivity contribution in [3.8, 4) is 0 Å². The number of rotatable bonds is 3. The molecule has 0 bridgehead atoms. The summed E-state index contributed by atoms with van der Waals surface area (Å²) in [5.74, 6) is 1.03. The van der Waals surface area contributed by atoms with Gasteiger partial charge in [-0.15, -0.1) is 0 Å². The van der Waals surface area contributed by atoms with E-state index < -0.39 is 0 Å². The van der Waals surface area contributed by atoms with Crippen LogP contribution < -0.4 is 5.32 Å². The molecule has 0 amide bonds. The maximum Gasteiger partial charge on any atom is 0.153 e. The highest BCUT2D eigenvalue weighted by molar-refractivity contribution is 5.09. The molecule has 84 valence electrons. The Balaban J connectivity index is 2.00. The van der Waals surface area contributed by atoms with Gasteiger partial charge in [0.1, 0.15) is 0 Å². The lowest BCUT2D eigenvalue weighted by atomic mass is 10.1. The number of nitrogens with zero attached hydrogens (tertiary/aromatic N) is 1. The maximum atomic E-state index is 5.40. The van der Waals surface area contributed by atoms with Crippen molar-refractivity contribution >= 4 is 0 Å². The molecule has 0 radical (unpaired) electrons. The molecule has 1 atom stereocenters. The molecule has 0 saturated carbocycles. The van der Waals surface area contributed by atoms with Gasteiger partial charge in [0.05, 0.1) is 11.7 Å². The first-order valence-electron chi connectivity index (χ1n) is 6.09. The Kier molecular flexibility index (Phi) is 3.78. The summed E-state index contributed by atoms with van der Waals surface area (Å²) in [6.07, 6.45) is 7.24. The molecule has 15 heavy (non-hydrogen) atoms. The van der Waals surface area contributed by atoms with Gasteiger partial charge in [-0.1, -0.05) is 31.3 Å². The van der Waals surface area contributed by atoms with Crippen molar-refractivity contribution in [2.45, 2.75) is 51.5 Å². The number of aromatic nitrogens is 1. The number of hydrogen-bond acceptors (Lipinski definition) is 3. The minimum absolute atomic E-state index is 0.394. The van der Waals surface area contributed by atoms with Crippen molar-refractivity contribution in [1.29, 1.82) is 0 Å². The predicted octanol–water partition coefficient (Wildman–Crippen LogP) is 2.83. The molecule has 0 aliphatic carbocycles. The summed E-state index contributed by atoms with van der Waals surface area (Å²) in [6, 6.07) is 2.51. The van der Waals surface area contributed by atoms with Crippen molar-refractivity contribution in [1.82, 2.24) is 10.5 Å². The zero-order chi connectivity index (χ0) is 10.5. The Bertz CT molecular complexity index is 288. The summed E-state index contributed by atoms with van der Waals surface area (Å²) >= 11 is 0. The lowest BCUT2D eigenvalue weighted by Gasteiger charge is -2.10. The van der Waals surface area contributed by atoms with Crippen LogP contribution in [0.1, 0.15) is 56.5 Å². The van der Waals surface area contributed by atoms with E-state index in [9.17, 15) is 0 Å². The molecule has 0 aromatic carbocycles. The summed E-state index contributed by atoms with van der Waals surface area (Å²) in [4.78, 5) is 0. The van der Waals surface area contributed by atoms with Crippen LogP contribution in [0.4, 0.5) is 0 Å². The normalized spacial score (nSPS) is 22.6. The molecule has 2 rings (SSSR count). The van der Waals surface area contributed by atoms with Crippen LogP contribution in [0.5, 0.6) is 0 Å². The van der Waals surface area contributed by atoms with Crippen LogP contribution in [0.15, 0.2) is 10.6 Å². The minimum atomic E-state index is 0.394. The quantitative estimate of drug-likeness (QED) is 0.830. The molecule has 2 heterocycles. The van der Waals surface area contributed by atoms with Crippen molar-refractivity contribution in [2.24, 2.45) is 0 Å². The fourth-order valence-corrected chi connectivity index (χ4v) is 2.14. The molecule has 3 nitrogen and oxygen atoms in total. The van der Waals surface area contributed by atoms with Crippen LogP contribution in [-0.4, -0.2) is 11.7 Å². The third-order valence-electron chi connectivity index (χ3n) is 2.99. The van der Waals surface area contributed by atoms with Gasteiger partial charge < -0.3 is 9.84 Å². The Labute approximate surface area is 91.2 Å². The van der Waals surface area contributed by atoms with E-state index in [4.69, 9.17) is 4.52 Å². The lowest BCUT2D eigenvalue weighted by Crippen LogP contribution is -2.19. The van der Waals surface area contributed by atoms with Crippen molar-refractivity contribution in [3.05, 3.63) is 17.5 Å². The zero-order valence-electron chi connectivity index (χ0n) is 9.46. The Morgan fingerprint density at radius 2 is 2.40 bits per heavy atom. The third kappa shape index (κ3) is 2.81. The molecule has 3 heteroatoms. The highest BCUT2D eigenvalue weighted by Crippen LogP contribution is 2.23. The Hall–Kier alpha value is -0.830. The fraction of sp³-hybridized carbons (Fsp3) is 0.750. The summed E-state index contributed by atoms with van der Waals surface area (Å²) in [6.45, 7) is 3.27. The minimum Gasteiger partial charge on any atom is -0.359 e. The van der Waals surface area contributed by atoms with Gasteiger partial charge in [0, 0.05) is 6.07 Å². The first kappa shape index (κ1) is 10.7. The predicted molar refractivity (Wildman–Crippen MR) is 59.7 cm³/mol. The number of hydrogen-bond donors (Lipinski definition) is 1. The largest absolute Gasteiger partial charge is 0.359 e.